The van der Waals surface area contributed by atoms with Crippen LogP contribution < -0.4 is 0 Å². The van der Waals surface area contributed by atoms with Gasteiger partial charge in [0.2, 0.25) is 0 Å². The summed E-state index contributed by atoms with van der Waals surface area (Å²) in [4.78, 5) is 14.8. The molecule has 0 N–H and O–H groups in total. The molecule has 2 aromatic rings. The van der Waals surface area contributed by atoms with Crippen molar-refractivity contribution in [3.05, 3.63) is 48.5 Å². The number of rotatable bonds is 2. The largest absolute Gasteiger partial charge is 0.322 e. The molecule has 14 heavy (non-hydrogen) atoms. The molecule has 2 aromatic heterocycles. The van der Waals surface area contributed by atoms with Gasteiger partial charge < -0.3 is 4.57 Å². The average Bonchev–Trinajstić information content (AvgIpc) is 2.71. The maximum Gasteiger partial charge on any atom is 0.254 e. The maximum atomic E-state index is 10.9. The van der Waals surface area contributed by atoms with E-state index in [1.165, 1.54) is 6.20 Å². The molecule has 0 unspecified atom stereocenters. The highest BCUT2D eigenvalue weighted by Gasteiger charge is 2.03. The van der Waals surface area contributed by atoms with E-state index in [1.807, 2.05) is 29.1 Å². The third-order valence-electron chi connectivity index (χ3n) is 1.85. The summed E-state index contributed by atoms with van der Waals surface area (Å²) >= 11 is 5.35. The minimum absolute atomic E-state index is 0.401. The summed E-state index contributed by atoms with van der Waals surface area (Å²) in [6, 6.07) is 5.49. The molecule has 0 bridgehead atoms. The lowest BCUT2D eigenvalue weighted by molar-refractivity contribution is 0.108. The predicted molar refractivity (Wildman–Crippen MR) is 53.7 cm³/mol. The van der Waals surface area contributed by atoms with Crippen LogP contribution >= 0.6 is 11.6 Å². The second kappa shape index (κ2) is 3.64. The van der Waals surface area contributed by atoms with E-state index in [0.717, 1.165) is 5.69 Å². The highest BCUT2D eigenvalue weighted by Crippen LogP contribution is 2.10. The summed E-state index contributed by atoms with van der Waals surface area (Å²) in [5.41, 5.74) is 1.22. The molecule has 2 heterocycles. The Morgan fingerprint density at radius 2 is 2.00 bits per heavy atom. The van der Waals surface area contributed by atoms with E-state index in [9.17, 15) is 4.79 Å². The molecule has 70 valence electrons. The van der Waals surface area contributed by atoms with Gasteiger partial charge in [0, 0.05) is 18.6 Å². The Kier molecular flexibility index (Phi) is 2.33. The van der Waals surface area contributed by atoms with Gasteiger partial charge in [-0.05, 0) is 29.8 Å². The van der Waals surface area contributed by atoms with E-state index < -0.39 is 5.24 Å². The topological polar surface area (TPSA) is 34.9 Å². The molecule has 0 atom stereocenters. The molecule has 0 fully saturated rings. The van der Waals surface area contributed by atoms with Gasteiger partial charge in [0.15, 0.2) is 0 Å². The molecule has 0 saturated heterocycles. The third-order valence-corrected chi connectivity index (χ3v) is 2.07. The van der Waals surface area contributed by atoms with Gasteiger partial charge in [-0.2, -0.15) is 0 Å². The first-order valence-electron chi connectivity index (χ1n) is 4.05. The van der Waals surface area contributed by atoms with E-state index in [0.29, 0.717) is 5.56 Å². The van der Waals surface area contributed by atoms with Crippen molar-refractivity contribution in [2.24, 2.45) is 0 Å². The highest BCUT2D eigenvalue weighted by molar-refractivity contribution is 6.67. The fraction of sp³-hybridized carbons (Fsp3) is 0. The molecule has 2 rings (SSSR count). The number of nitrogens with zero attached hydrogens (tertiary/aromatic N) is 2. The Morgan fingerprint density at radius 3 is 2.64 bits per heavy atom. The molecule has 0 saturated carbocycles. The summed E-state index contributed by atoms with van der Waals surface area (Å²) in [6.45, 7) is 0. The van der Waals surface area contributed by atoms with Gasteiger partial charge in [0.25, 0.3) is 5.24 Å². The number of halogens is 1. The third kappa shape index (κ3) is 1.67. The van der Waals surface area contributed by atoms with Crippen LogP contribution in [-0.4, -0.2) is 14.8 Å². The van der Waals surface area contributed by atoms with Crippen molar-refractivity contribution < 1.29 is 4.79 Å². The second-order valence-corrected chi connectivity index (χ2v) is 3.14. The molecular formula is C10H7ClN2O. The van der Waals surface area contributed by atoms with Crippen LogP contribution in [0.5, 0.6) is 0 Å². The number of hydrogen-bond acceptors (Lipinski definition) is 2. The van der Waals surface area contributed by atoms with Gasteiger partial charge in [0.05, 0.1) is 17.4 Å². The van der Waals surface area contributed by atoms with Crippen LogP contribution in [0.2, 0.25) is 0 Å². The summed E-state index contributed by atoms with van der Waals surface area (Å²) in [5, 5.41) is -0.494. The first-order valence-corrected chi connectivity index (χ1v) is 4.43. The summed E-state index contributed by atoms with van der Waals surface area (Å²) in [6.07, 6.45) is 6.87. The van der Waals surface area contributed by atoms with Crippen molar-refractivity contribution in [2.45, 2.75) is 0 Å². The lowest BCUT2D eigenvalue weighted by Gasteiger charge is -2.02. The Bertz CT molecular complexity index is 451. The van der Waals surface area contributed by atoms with Crippen LogP contribution in [-0.2, 0) is 0 Å². The zero-order chi connectivity index (χ0) is 9.97. The molecule has 0 aromatic carbocycles. The maximum absolute atomic E-state index is 10.9. The van der Waals surface area contributed by atoms with E-state index in [4.69, 9.17) is 11.6 Å². The van der Waals surface area contributed by atoms with Crippen LogP contribution in [0, 0.1) is 0 Å². The Hall–Kier alpha value is -1.61. The van der Waals surface area contributed by atoms with Gasteiger partial charge in [-0.25, -0.2) is 0 Å². The Morgan fingerprint density at radius 1 is 1.29 bits per heavy atom. The van der Waals surface area contributed by atoms with Crippen molar-refractivity contribution in [1.29, 1.82) is 0 Å². The van der Waals surface area contributed by atoms with E-state index in [2.05, 4.69) is 4.98 Å². The van der Waals surface area contributed by atoms with Gasteiger partial charge >= 0.3 is 0 Å². The lowest BCUT2D eigenvalue weighted by atomic mass is 10.3. The highest BCUT2D eigenvalue weighted by atomic mass is 35.5. The SMILES string of the molecule is O=C(Cl)c1cncc(-n2cccc2)c1. The summed E-state index contributed by atoms with van der Waals surface area (Å²) < 4.78 is 1.86. The zero-order valence-corrected chi connectivity index (χ0v) is 7.98. The van der Waals surface area contributed by atoms with Gasteiger partial charge in [-0.3, -0.25) is 9.78 Å². The van der Waals surface area contributed by atoms with Crippen LogP contribution in [0.15, 0.2) is 43.0 Å². The Balaban J connectivity index is 2.46. The summed E-state index contributed by atoms with van der Waals surface area (Å²) in [7, 11) is 0. The quantitative estimate of drug-likeness (QED) is 0.707. The number of carbonyl (C=O) groups is 1. The van der Waals surface area contributed by atoms with Crippen molar-refractivity contribution >= 4 is 16.8 Å². The average molecular weight is 207 g/mol. The first-order chi connectivity index (χ1) is 6.77. The van der Waals surface area contributed by atoms with Crippen LogP contribution in [0.3, 0.4) is 0 Å². The molecule has 0 spiro atoms. The van der Waals surface area contributed by atoms with Crippen molar-refractivity contribution in [3.8, 4) is 5.69 Å². The number of aromatic nitrogens is 2. The fourth-order valence-electron chi connectivity index (χ4n) is 1.18. The van der Waals surface area contributed by atoms with Gasteiger partial charge in [0.1, 0.15) is 0 Å². The van der Waals surface area contributed by atoms with E-state index in [1.54, 1.807) is 12.3 Å². The zero-order valence-electron chi connectivity index (χ0n) is 7.22. The first kappa shape index (κ1) is 8.97. The molecule has 4 heteroatoms. The molecule has 0 amide bonds. The van der Waals surface area contributed by atoms with Gasteiger partial charge in [-0.15, -0.1) is 0 Å². The fourth-order valence-corrected chi connectivity index (χ4v) is 1.29. The normalized spacial score (nSPS) is 10.1. The van der Waals surface area contributed by atoms with Crippen molar-refractivity contribution in [1.82, 2.24) is 9.55 Å². The van der Waals surface area contributed by atoms with Crippen LogP contribution in [0.1, 0.15) is 10.4 Å². The Labute approximate surface area is 86.0 Å². The smallest absolute Gasteiger partial charge is 0.254 e. The number of hydrogen-bond donors (Lipinski definition) is 0. The molecule has 0 radical (unpaired) electrons. The minimum atomic E-state index is -0.494. The minimum Gasteiger partial charge on any atom is -0.322 e. The lowest BCUT2D eigenvalue weighted by Crippen LogP contribution is -1.95. The standard InChI is InChI=1S/C10H7ClN2O/c11-10(14)8-5-9(7-12-6-8)13-3-1-2-4-13/h1-7H. The second-order valence-electron chi connectivity index (χ2n) is 2.80. The molecule has 3 nitrogen and oxygen atoms in total. The monoisotopic (exact) mass is 206 g/mol. The summed E-state index contributed by atoms with van der Waals surface area (Å²) in [5.74, 6) is 0. The van der Waals surface area contributed by atoms with Crippen molar-refractivity contribution in [2.75, 3.05) is 0 Å². The van der Waals surface area contributed by atoms with E-state index in [-0.39, 0.29) is 0 Å². The van der Waals surface area contributed by atoms with Crippen molar-refractivity contribution in [3.63, 3.8) is 0 Å². The number of pyridine rings is 1. The van der Waals surface area contributed by atoms with Gasteiger partial charge in [-0.1, -0.05) is 0 Å². The predicted octanol–water partition coefficient (Wildman–Crippen LogP) is 2.25. The van der Waals surface area contributed by atoms with Crippen LogP contribution in [0.4, 0.5) is 0 Å². The molecule has 0 aliphatic heterocycles. The van der Waals surface area contributed by atoms with E-state index >= 15 is 0 Å². The molecular weight excluding hydrogens is 200 g/mol. The molecule has 0 aliphatic carbocycles. The number of carbonyl (C=O) groups excluding carboxylic acids is 1. The molecule has 0 aliphatic rings. The van der Waals surface area contributed by atoms with Crippen LogP contribution in [0.25, 0.3) is 5.69 Å².